The summed E-state index contributed by atoms with van der Waals surface area (Å²) in [6, 6.07) is 20.5. The highest BCUT2D eigenvalue weighted by Crippen LogP contribution is 2.27. The largest absolute Gasteiger partial charge is 0.491 e. The van der Waals surface area contributed by atoms with Crippen LogP contribution in [0.5, 0.6) is 5.75 Å². The number of hydrogen-bond acceptors (Lipinski definition) is 4. The van der Waals surface area contributed by atoms with Gasteiger partial charge in [-0.05, 0) is 80.9 Å². The van der Waals surface area contributed by atoms with Gasteiger partial charge in [0.05, 0.1) is 6.10 Å². The fraction of sp³-hybridized carbons (Fsp3) is 0.167. The molecule has 0 aliphatic heterocycles. The molecule has 0 aliphatic rings. The maximum atomic E-state index is 12.6. The molecule has 0 saturated heterocycles. The van der Waals surface area contributed by atoms with Crippen LogP contribution in [0.4, 0.5) is 5.69 Å². The molecule has 0 atom stereocenters. The number of rotatable bonds is 5. The number of carbonyl (C=O) groups excluding carboxylic acids is 1. The Kier molecular flexibility index (Phi) is 5.04. The van der Waals surface area contributed by atoms with E-state index in [0.717, 1.165) is 28.0 Å². The Morgan fingerprint density at radius 2 is 1.83 bits per heavy atom. The molecule has 0 unspecified atom stereocenters. The summed E-state index contributed by atoms with van der Waals surface area (Å²) < 4.78 is 11.5. The van der Waals surface area contributed by atoms with Crippen molar-refractivity contribution in [1.82, 2.24) is 4.98 Å². The lowest BCUT2D eigenvalue weighted by molar-refractivity contribution is 0.102. The number of benzene rings is 3. The lowest BCUT2D eigenvalue weighted by Gasteiger charge is -2.10. The standard InChI is InChI=1S/C24H22N2O3/c1-15(2)28-20-10-8-17(9-11-20)23(27)25-19-6-4-5-18(14-19)24-26-21-13-16(3)7-12-22(21)29-24/h4-15H,1-3H3,(H,25,27). The van der Waals surface area contributed by atoms with Crippen molar-refractivity contribution in [3.63, 3.8) is 0 Å². The molecule has 4 aromatic rings. The number of ether oxygens (including phenoxy) is 1. The summed E-state index contributed by atoms with van der Waals surface area (Å²) in [4.78, 5) is 17.1. The molecular weight excluding hydrogens is 364 g/mol. The van der Waals surface area contributed by atoms with E-state index in [1.165, 1.54) is 0 Å². The van der Waals surface area contributed by atoms with Crippen LogP contribution in [0.3, 0.4) is 0 Å². The van der Waals surface area contributed by atoms with Crippen LogP contribution in [-0.2, 0) is 0 Å². The van der Waals surface area contributed by atoms with Gasteiger partial charge in [0.2, 0.25) is 5.89 Å². The lowest BCUT2D eigenvalue weighted by atomic mass is 10.1. The molecule has 1 aromatic heterocycles. The second kappa shape index (κ2) is 7.80. The van der Waals surface area contributed by atoms with Crippen LogP contribution in [0.25, 0.3) is 22.6 Å². The third-order valence-corrected chi connectivity index (χ3v) is 4.40. The highest BCUT2D eigenvalue weighted by Gasteiger charge is 2.11. The number of nitrogens with one attached hydrogen (secondary N) is 1. The Balaban J connectivity index is 1.53. The predicted molar refractivity (Wildman–Crippen MR) is 114 cm³/mol. The molecule has 5 heteroatoms. The van der Waals surface area contributed by atoms with Gasteiger partial charge in [-0.1, -0.05) is 12.1 Å². The predicted octanol–water partition coefficient (Wildman–Crippen LogP) is 5.84. The van der Waals surface area contributed by atoms with Gasteiger partial charge in [0.15, 0.2) is 5.58 Å². The molecule has 0 aliphatic carbocycles. The lowest BCUT2D eigenvalue weighted by Crippen LogP contribution is -2.12. The second-order valence-corrected chi connectivity index (χ2v) is 7.22. The second-order valence-electron chi connectivity index (χ2n) is 7.22. The minimum atomic E-state index is -0.188. The molecule has 5 nitrogen and oxygen atoms in total. The van der Waals surface area contributed by atoms with Crippen molar-refractivity contribution >= 4 is 22.7 Å². The normalized spacial score (nSPS) is 11.0. The Labute approximate surface area is 169 Å². The van der Waals surface area contributed by atoms with Crippen molar-refractivity contribution in [2.24, 2.45) is 0 Å². The smallest absolute Gasteiger partial charge is 0.255 e. The van der Waals surface area contributed by atoms with E-state index in [-0.39, 0.29) is 12.0 Å². The van der Waals surface area contributed by atoms with Crippen molar-refractivity contribution in [1.29, 1.82) is 0 Å². The van der Waals surface area contributed by atoms with Gasteiger partial charge in [0, 0.05) is 16.8 Å². The first kappa shape index (κ1) is 18.7. The zero-order chi connectivity index (χ0) is 20.4. The Morgan fingerprint density at radius 1 is 1.03 bits per heavy atom. The van der Waals surface area contributed by atoms with Gasteiger partial charge in [-0.3, -0.25) is 4.79 Å². The third-order valence-electron chi connectivity index (χ3n) is 4.40. The molecule has 0 radical (unpaired) electrons. The number of nitrogens with zero attached hydrogens (tertiary/aromatic N) is 1. The monoisotopic (exact) mass is 386 g/mol. The molecule has 146 valence electrons. The van der Waals surface area contributed by atoms with Crippen molar-refractivity contribution in [2.75, 3.05) is 5.32 Å². The van der Waals surface area contributed by atoms with Crippen molar-refractivity contribution in [2.45, 2.75) is 26.9 Å². The number of amides is 1. The van der Waals surface area contributed by atoms with Crippen LogP contribution in [-0.4, -0.2) is 17.0 Å². The number of fused-ring (bicyclic) bond motifs is 1. The molecule has 0 saturated carbocycles. The summed E-state index contributed by atoms with van der Waals surface area (Å²) in [6.45, 7) is 5.95. The zero-order valence-electron chi connectivity index (χ0n) is 16.6. The van der Waals surface area contributed by atoms with Crippen LogP contribution in [0.15, 0.2) is 71.1 Å². The Hall–Kier alpha value is -3.60. The summed E-state index contributed by atoms with van der Waals surface area (Å²) in [5.41, 5.74) is 4.72. The first-order valence-corrected chi connectivity index (χ1v) is 9.53. The van der Waals surface area contributed by atoms with Gasteiger partial charge in [0.1, 0.15) is 11.3 Å². The van der Waals surface area contributed by atoms with E-state index >= 15 is 0 Å². The van der Waals surface area contributed by atoms with Crippen LogP contribution in [0.1, 0.15) is 29.8 Å². The average Bonchev–Trinajstić information content (AvgIpc) is 3.11. The van der Waals surface area contributed by atoms with Gasteiger partial charge in [0.25, 0.3) is 5.91 Å². The van der Waals surface area contributed by atoms with E-state index in [9.17, 15) is 4.79 Å². The third kappa shape index (κ3) is 4.29. The van der Waals surface area contributed by atoms with Crippen LogP contribution in [0, 0.1) is 6.92 Å². The molecule has 1 N–H and O–H groups in total. The quantitative estimate of drug-likeness (QED) is 0.468. The Bertz CT molecular complexity index is 1160. The molecule has 0 spiro atoms. The molecule has 3 aromatic carbocycles. The van der Waals surface area contributed by atoms with E-state index in [0.29, 0.717) is 17.1 Å². The van der Waals surface area contributed by atoms with E-state index in [1.807, 2.05) is 63.2 Å². The molecule has 0 bridgehead atoms. The van der Waals surface area contributed by atoms with Crippen molar-refractivity contribution in [3.05, 3.63) is 77.9 Å². The van der Waals surface area contributed by atoms with Gasteiger partial charge in [-0.2, -0.15) is 0 Å². The summed E-state index contributed by atoms with van der Waals surface area (Å²) >= 11 is 0. The van der Waals surface area contributed by atoms with Gasteiger partial charge >= 0.3 is 0 Å². The summed E-state index contributed by atoms with van der Waals surface area (Å²) in [7, 11) is 0. The van der Waals surface area contributed by atoms with Gasteiger partial charge in [-0.25, -0.2) is 4.98 Å². The fourth-order valence-corrected chi connectivity index (χ4v) is 3.05. The minimum absolute atomic E-state index is 0.0909. The van der Waals surface area contributed by atoms with Crippen molar-refractivity contribution in [3.8, 4) is 17.2 Å². The summed E-state index contributed by atoms with van der Waals surface area (Å²) in [6.07, 6.45) is 0.0909. The number of aromatic nitrogens is 1. The molecule has 0 fully saturated rings. The zero-order valence-corrected chi connectivity index (χ0v) is 16.6. The molecule has 1 heterocycles. The molecule has 4 rings (SSSR count). The molecule has 1 amide bonds. The number of carbonyl (C=O) groups is 1. The molecule has 29 heavy (non-hydrogen) atoms. The minimum Gasteiger partial charge on any atom is -0.491 e. The maximum absolute atomic E-state index is 12.6. The number of hydrogen-bond donors (Lipinski definition) is 1. The number of anilines is 1. The van der Waals surface area contributed by atoms with Crippen LogP contribution in [0.2, 0.25) is 0 Å². The topological polar surface area (TPSA) is 64.4 Å². The van der Waals surface area contributed by atoms with Crippen LogP contribution < -0.4 is 10.1 Å². The molecular formula is C24H22N2O3. The average molecular weight is 386 g/mol. The van der Waals surface area contributed by atoms with E-state index in [4.69, 9.17) is 9.15 Å². The van der Waals surface area contributed by atoms with Gasteiger partial charge < -0.3 is 14.5 Å². The maximum Gasteiger partial charge on any atom is 0.255 e. The first-order chi connectivity index (χ1) is 14.0. The number of aryl methyl sites for hydroxylation is 1. The highest BCUT2D eigenvalue weighted by molar-refractivity contribution is 6.04. The van der Waals surface area contributed by atoms with Crippen molar-refractivity contribution < 1.29 is 13.9 Å². The first-order valence-electron chi connectivity index (χ1n) is 9.53. The van der Waals surface area contributed by atoms with Crippen LogP contribution >= 0.6 is 0 Å². The van der Waals surface area contributed by atoms with E-state index < -0.39 is 0 Å². The SMILES string of the molecule is Cc1ccc2oc(-c3cccc(NC(=O)c4ccc(OC(C)C)cc4)c3)nc2c1. The van der Waals surface area contributed by atoms with E-state index in [1.54, 1.807) is 24.3 Å². The van der Waals surface area contributed by atoms with Gasteiger partial charge in [-0.15, -0.1) is 0 Å². The van der Waals surface area contributed by atoms with E-state index in [2.05, 4.69) is 10.3 Å². The number of oxazole rings is 1. The summed E-state index contributed by atoms with van der Waals surface area (Å²) in [5, 5.41) is 2.92. The fourth-order valence-electron chi connectivity index (χ4n) is 3.05. The Morgan fingerprint density at radius 3 is 2.59 bits per heavy atom. The highest BCUT2D eigenvalue weighted by atomic mass is 16.5. The summed E-state index contributed by atoms with van der Waals surface area (Å²) in [5.74, 6) is 1.08.